The zero-order valence-electron chi connectivity index (χ0n) is 13.3. The molecule has 1 rings (SSSR count). The van der Waals surface area contributed by atoms with Gasteiger partial charge >= 0.3 is 11.9 Å². The molecule has 6 heteroatoms. The van der Waals surface area contributed by atoms with E-state index in [1.165, 1.54) is 26.0 Å². The molecule has 0 aromatic heterocycles. The van der Waals surface area contributed by atoms with E-state index in [0.29, 0.717) is 5.56 Å². The Morgan fingerprint density at radius 3 is 2.41 bits per heavy atom. The van der Waals surface area contributed by atoms with Crippen molar-refractivity contribution in [2.45, 2.75) is 39.9 Å². The quantitative estimate of drug-likeness (QED) is 0.779. The molecule has 0 aliphatic rings. The minimum atomic E-state index is -1.52. The Balaban J connectivity index is 2.81. The van der Waals surface area contributed by atoms with E-state index in [1.54, 1.807) is 19.9 Å². The van der Waals surface area contributed by atoms with Gasteiger partial charge in [0.25, 0.3) is 0 Å². The largest absolute Gasteiger partial charge is 0.508 e. The Morgan fingerprint density at radius 1 is 1.27 bits per heavy atom. The van der Waals surface area contributed by atoms with Gasteiger partial charge < -0.3 is 19.7 Å². The summed E-state index contributed by atoms with van der Waals surface area (Å²) in [4.78, 5) is 22.2. The summed E-state index contributed by atoms with van der Waals surface area (Å²) < 4.78 is 9.85. The molecule has 0 unspecified atom stereocenters. The SMILES string of the molecule is CC(=O)OCc1ccc([C@](C)(O)COC(=O)C(C)C)c(O)c1. The molecule has 0 aliphatic heterocycles. The summed E-state index contributed by atoms with van der Waals surface area (Å²) in [6.07, 6.45) is 0. The van der Waals surface area contributed by atoms with Crippen molar-refractivity contribution in [1.82, 2.24) is 0 Å². The number of aromatic hydroxyl groups is 1. The van der Waals surface area contributed by atoms with Gasteiger partial charge in [-0.15, -0.1) is 0 Å². The molecule has 0 bridgehead atoms. The summed E-state index contributed by atoms with van der Waals surface area (Å²) in [5, 5.41) is 20.4. The lowest BCUT2D eigenvalue weighted by Gasteiger charge is -2.25. The van der Waals surface area contributed by atoms with E-state index in [4.69, 9.17) is 9.47 Å². The highest BCUT2D eigenvalue weighted by Gasteiger charge is 2.29. The second-order valence-corrected chi connectivity index (χ2v) is 5.67. The van der Waals surface area contributed by atoms with Gasteiger partial charge in [0.1, 0.15) is 24.6 Å². The summed E-state index contributed by atoms with van der Waals surface area (Å²) in [5.74, 6) is -1.30. The predicted octanol–water partition coefficient (Wildman–Crippen LogP) is 1.86. The lowest BCUT2D eigenvalue weighted by molar-refractivity contribution is -0.155. The molecule has 1 aromatic rings. The molecular weight excluding hydrogens is 288 g/mol. The summed E-state index contributed by atoms with van der Waals surface area (Å²) in [7, 11) is 0. The third kappa shape index (κ3) is 5.04. The standard InChI is InChI=1S/C16H22O6/c1-10(2)15(19)22-9-16(4,20)13-6-5-12(7-14(13)18)8-21-11(3)17/h5-7,10,18,20H,8-9H2,1-4H3/t16-/m1/s1. The van der Waals surface area contributed by atoms with Gasteiger partial charge in [0.2, 0.25) is 0 Å². The van der Waals surface area contributed by atoms with Crippen molar-refractivity contribution in [3.8, 4) is 5.75 Å². The Hall–Kier alpha value is -2.08. The Kier molecular flexibility index (Phi) is 5.93. The predicted molar refractivity (Wildman–Crippen MR) is 78.9 cm³/mol. The molecule has 1 aromatic carbocycles. The van der Waals surface area contributed by atoms with E-state index >= 15 is 0 Å². The van der Waals surface area contributed by atoms with Crippen LogP contribution in [0.3, 0.4) is 0 Å². The number of phenolic OH excluding ortho intramolecular Hbond substituents is 1. The third-order valence-corrected chi connectivity index (χ3v) is 3.05. The molecule has 22 heavy (non-hydrogen) atoms. The second kappa shape index (κ2) is 7.26. The van der Waals surface area contributed by atoms with Crippen molar-refractivity contribution < 1.29 is 29.3 Å². The maximum Gasteiger partial charge on any atom is 0.308 e. The zero-order valence-corrected chi connectivity index (χ0v) is 13.3. The topological polar surface area (TPSA) is 93.1 Å². The van der Waals surface area contributed by atoms with Crippen LogP contribution in [0, 0.1) is 5.92 Å². The average Bonchev–Trinajstić information content (AvgIpc) is 2.42. The molecule has 0 saturated carbocycles. The van der Waals surface area contributed by atoms with Crippen LogP contribution in [0.15, 0.2) is 18.2 Å². The van der Waals surface area contributed by atoms with E-state index in [9.17, 15) is 19.8 Å². The molecule has 1 atom stereocenters. The van der Waals surface area contributed by atoms with Crippen molar-refractivity contribution in [3.63, 3.8) is 0 Å². The monoisotopic (exact) mass is 310 g/mol. The second-order valence-electron chi connectivity index (χ2n) is 5.67. The minimum absolute atomic E-state index is 0.0354. The number of carbonyl (C=O) groups excluding carboxylic acids is 2. The highest BCUT2D eigenvalue weighted by Crippen LogP contribution is 2.30. The normalized spacial score (nSPS) is 13.5. The summed E-state index contributed by atoms with van der Waals surface area (Å²) in [5.41, 5.74) is -0.698. The molecule has 0 amide bonds. The van der Waals surface area contributed by atoms with Crippen molar-refractivity contribution >= 4 is 11.9 Å². The molecule has 0 spiro atoms. The van der Waals surface area contributed by atoms with Gasteiger partial charge in [0.15, 0.2) is 0 Å². The van der Waals surface area contributed by atoms with Crippen LogP contribution in [-0.4, -0.2) is 28.8 Å². The number of aliphatic hydroxyl groups is 1. The van der Waals surface area contributed by atoms with Crippen LogP contribution in [0.5, 0.6) is 5.75 Å². The van der Waals surface area contributed by atoms with Crippen molar-refractivity contribution in [1.29, 1.82) is 0 Å². The number of phenols is 1. The van der Waals surface area contributed by atoms with E-state index in [-0.39, 0.29) is 30.4 Å². The molecule has 0 fully saturated rings. The van der Waals surface area contributed by atoms with E-state index < -0.39 is 17.5 Å². The number of ether oxygens (including phenoxy) is 2. The van der Waals surface area contributed by atoms with Crippen LogP contribution in [-0.2, 0) is 31.3 Å². The van der Waals surface area contributed by atoms with Crippen LogP contribution in [0.1, 0.15) is 38.8 Å². The summed E-state index contributed by atoms with van der Waals surface area (Å²) in [6.45, 7) is 5.90. The Labute approximate surface area is 129 Å². The van der Waals surface area contributed by atoms with Gasteiger partial charge in [0.05, 0.1) is 5.92 Å². The number of esters is 2. The molecule has 0 aliphatic carbocycles. The van der Waals surface area contributed by atoms with E-state index in [0.717, 1.165) is 0 Å². The minimum Gasteiger partial charge on any atom is -0.508 e. The van der Waals surface area contributed by atoms with Crippen LogP contribution in [0.2, 0.25) is 0 Å². The van der Waals surface area contributed by atoms with Crippen molar-refractivity contribution in [2.24, 2.45) is 5.92 Å². The number of hydrogen-bond donors (Lipinski definition) is 2. The third-order valence-electron chi connectivity index (χ3n) is 3.05. The van der Waals surface area contributed by atoms with Gasteiger partial charge in [0, 0.05) is 12.5 Å². The number of benzene rings is 1. The van der Waals surface area contributed by atoms with Gasteiger partial charge in [-0.05, 0) is 18.6 Å². The first-order valence-corrected chi connectivity index (χ1v) is 6.98. The maximum atomic E-state index is 11.5. The van der Waals surface area contributed by atoms with Gasteiger partial charge in [-0.3, -0.25) is 9.59 Å². The smallest absolute Gasteiger partial charge is 0.308 e. The molecule has 0 radical (unpaired) electrons. The lowest BCUT2D eigenvalue weighted by Crippen LogP contribution is -2.30. The van der Waals surface area contributed by atoms with Crippen LogP contribution in [0.4, 0.5) is 0 Å². The molecular formula is C16H22O6. The zero-order chi connectivity index (χ0) is 16.9. The fraction of sp³-hybridized carbons (Fsp3) is 0.500. The fourth-order valence-electron chi connectivity index (χ4n) is 1.76. The van der Waals surface area contributed by atoms with Gasteiger partial charge in [-0.25, -0.2) is 0 Å². The maximum absolute atomic E-state index is 11.5. The fourth-order valence-corrected chi connectivity index (χ4v) is 1.76. The highest BCUT2D eigenvalue weighted by molar-refractivity contribution is 5.71. The first kappa shape index (κ1) is 18.0. The molecule has 0 heterocycles. The summed E-state index contributed by atoms with van der Waals surface area (Å²) in [6, 6.07) is 4.53. The van der Waals surface area contributed by atoms with E-state index in [2.05, 4.69) is 0 Å². The Bertz CT molecular complexity index is 548. The van der Waals surface area contributed by atoms with Crippen molar-refractivity contribution in [3.05, 3.63) is 29.3 Å². The first-order valence-electron chi connectivity index (χ1n) is 6.98. The van der Waals surface area contributed by atoms with Crippen LogP contribution >= 0.6 is 0 Å². The molecule has 6 nitrogen and oxygen atoms in total. The van der Waals surface area contributed by atoms with Crippen LogP contribution in [0.25, 0.3) is 0 Å². The average molecular weight is 310 g/mol. The Morgan fingerprint density at radius 2 is 1.91 bits per heavy atom. The molecule has 122 valence electrons. The van der Waals surface area contributed by atoms with Crippen LogP contribution < -0.4 is 0 Å². The number of rotatable bonds is 6. The highest BCUT2D eigenvalue weighted by atomic mass is 16.5. The molecule has 2 N–H and O–H groups in total. The number of hydrogen-bond acceptors (Lipinski definition) is 6. The summed E-state index contributed by atoms with van der Waals surface area (Å²) >= 11 is 0. The first-order chi connectivity index (χ1) is 10.1. The van der Waals surface area contributed by atoms with Crippen molar-refractivity contribution in [2.75, 3.05) is 6.61 Å². The molecule has 0 saturated heterocycles. The number of carbonyl (C=O) groups is 2. The van der Waals surface area contributed by atoms with E-state index in [1.807, 2.05) is 0 Å². The lowest BCUT2D eigenvalue weighted by atomic mass is 9.95. The van der Waals surface area contributed by atoms with Gasteiger partial charge in [-0.1, -0.05) is 26.0 Å². The van der Waals surface area contributed by atoms with Gasteiger partial charge in [-0.2, -0.15) is 0 Å².